The Morgan fingerprint density at radius 2 is 1.89 bits per heavy atom. The van der Waals surface area contributed by atoms with E-state index in [0.717, 1.165) is 25.0 Å². The summed E-state index contributed by atoms with van der Waals surface area (Å²) in [6.45, 7) is 7.17. The molecule has 4 heteroatoms. The molecule has 0 aliphatic heterocycles. The molecular formula is C15H19BrN2S. The highest BCUT2D eigenvalue weighted by molar-refractivity contribution is 9.09. The summed E-state index contributed by atoms with van der Waals surface area (Å²) < 4.78 is 0. The lowest BCUT2D eigenvalue weighted by atomic mass is 10.2. The minimum absolute atomic E-state index is 0.930. The highest BCUT2D eigenvalue weighted by Crippen LogP contribution is 2.19. The molecule has 0 radical (unpaired) electrons. The van der Waals surface area contributed by atoms with Crippen LogP contribution in [-0.4, -0.2) is 21.8 Å². The number of aromatic nitrogens is 1. The van der Waals surface area contributed by atoms with Crippen molar-refractivity contribution in [2.24, 2.45) is 0 Å². The third-order valence-corrected chi connectivity index (χ3v) is 4.49. The molecule has 0 bridgehead atoms. The van der Waals surface area contributed by atoms with Crippen LogP contribution >= 0.6 is 27.3 Å². The maximum atomic E-state index is 4.64. The van der Waals surface area contributed by atoms with Gasteiger partial charge in [-0.25, -0.2) is 4.98 Å². The highest BCUT2D eigenvalue weighted by atomic mass is 79.9. The molecule has 0 atom stereocenters. The van der Waals surface area contributed by atoms with Gasteiger partial charge in [0.2, 0.25) is 0 Å². The SMILES string of the molecule is Cc1nc(CN(CCBr)Cc2ccccc2)sc1C. The Balaban J connectivity index is 2.03. The number of aryl methyl sites for hydroxylation is 2. The van der Waals surface area contributed by atoms with Gasteiger partial charge in [0, 0.05) is 23.3 Å². The van der Waals surface area contributed by atoms with Crippen LogP contribution in [0.4, 0.5) is 0 Å². The zero-order valence-electron chi connectivity index (χ0n) is 11.4. The number of nitrogens with zero attached hydrogens (tertiary/aromatic N) is 2. The largest absolute Gasteiger partial charge is 0.292 e. The van der Waals surface area contributed by atoms with Gasteiger partial charge in [0.25, 0.3) is 0 Å². The minimum atomic E-state index is 0.930. The van der Waals surface area contributed by atoms with Gasteiger partial charge in [-0.1, -0.05) is 46.3 Å². The fraction of sp³-hybridized carbons (Fsp3) is 0.400. The fourth-order valence-electron chi connectivity index (χ4n) is 1.97. The van der Waals surface area contributed by atoms with E-state index in [9.17, 15) is 0 Å². The van der Waals surface area contributed by atoms with Crippen molar-refractivity contribution in [1.29, 1.82) is 0 Å². The van der Waals surface area contributed by atoms with Crippen LogP contribution in [0.15, 0.2) is 30.3 Å². The van der Waals surface area contributed by atoms with Gasteiger partial charge in [0.15, 0.2) is 0 Å². The molecule has 102 valence electrons. The second-order valence-corrected chi connectivity index (χ2v) is 6.72. The molecule has 2 aromatic rings. The molecule has 0 aliphatic carbocycles. The summed E-state index contributed by atoms with van der Waals surface area (Å²) in [6.07, 6.45) is 0. The average molecular weight is 339 g/mol. The van der Waals surface area contributed by atoms with E-state index in [0.29, 0.717) is 0 Å². The van der Waals surface area contributed by atoms with E-state index in [1.165, 1.54) is 21.1 Å². The summed E-state index contributed by atoms with van der Waals surface area (Å²) in [5.41, 5.74) is 2.52. The Morgan fingerprint density at radius 1 is 1.16 bits per heavy atom. The Bertz CT molecular complexity index is 491. The van der Waals surface area contributed by atoms with Gasteiger partial charge in [-0.05, 0) is 19.4 Å². The predicted molar refractivity (Wildman–Crippen MR) is 85.9 cm³/mol. The van der Waals surface area contributed by atoms with Crippen molar-refractivity contribution in [3.05, 3.63) is 51.5 Å². The summed E-state index contributed by atoms with van der Waals surface area (Å²) in [6, 6.07) is 10.6. The number of benzene rings is 1. The van der Waals surface area contributed by atoms with Gasteiger partial charge >= 0.3 is 0 Å². The molecule has 0 amide bonds. The molecule has 2 nitrogen and oxygen atoms in total. The smallest absolute Gasteiger partial charge is 0.107 e. The van der Waals surface area contributed by atoms with Crippen molar-refractivity contribution in [1.82, 2.24) is 9.88 Å². The summed E-state index contributed by atoms with van der Waals surface area (Å²) in [4.78, 5) is 8.40. The standard InChI is InChI=1S/C15H19BrN2S/c1-12-13(2)19-15(17-12)11-18(9-8-16)10-14-6-4-3-5-7-14/h3-7H,8-11H2,1-2H3. The molecule has 0 spiro atoms. The van der Waals surface area contributed by atoms with E-state index in [1.807, 2.05) is 11.3 Å². The van der Waals surface area contributed by atoms with Gasteiger partial charge < -0.3 is 0 Å². The lowest BCUT2D eigenvalue weighted by Crippen LogP contribution is -2.24. The minimum Gasteiger partial charge on any atom is -0.292 e. The first-order chi connectivity index (χ1) is 9.19. The zero-order valence-corrected chi connectivity index (χ0v) is 13.8. The van der Waals surface area contributed by atoms with Crippen LogP contribution in [0.2, 0.25) is 0 Å². The van der Waals surface area contributed by atoms with Gasteiger partial charge in [-0.15, -0.1) is 11.3 Å². The van der Waals surface area contributed by atoms with E-state index in [4.69, 9.17) is 0 Å². The molecule has 0 aliphatic rings. The van der Waals surface area contributed by atoms with Gasteiger partial charge in [-0.2, -0.15) is 0 Å². The van der Waals surface area contributed by atoms with Crippen LogP contribution in [0.25, 0.3) is 0 Å². The molecule has 2 rings (SSSR count). The van der Waals surface area contributed by atoms with Crippen LogP contribution < -0.4 is 0 Å². The van der Waals surface area contributed by atoms with Crippen molar-refractivity contribution in [3.8, 4) is 0 Å². The Hall–Kier alpha value is -0.710. The first-order valence-corrected chi connectivity index (χ1v) is 8.38. The fourth-order valence-corrected chi connectivity index (χ4v) is 3.45. The monoisotopic (exact) mass is 338 g/mol. The van der Waals surface area contributed by atoms with E-state index in [2.05, 4.69) is 70.0 Å². The maximum absolute atomic E-state index is 4.64. The van der Waals surface area contributed by atoms with Gasteiger partial charge in [0.1, 0.15) is 5.01 Å². The Labute approximate surface area is 127 Å². The molecule has 0 saturated heterocycles. The molecule has 0 unspecified atom stereocenters. The van der Waals surface area contributed by atoms with Crippen molar-refractivity contribution < 1.29 is 0 Å². The molecule has 1 heterocycles. The normalized spacial score (nSPS) is 11.2. The number of halogens is 1. The second kappa shape index (κ2) is 7.17. The second-order valence-electron chi connectivity index (χ2n) is 4.63. The van der Waals surface area contributed by atoms with Crippen molar-refractivity contribution in [2.45, 2.75) is 26.9 Å². The van der Waals surface area contributed by atoms with Crippen LogP contribution in [-0.2, 0) is 13.1 Å². The average Bonchev–Trinajstić information content (AvgIpc) is 2.70. The first-order valence-electron chi connectivity index (χ1n) is 6.44. The van der Waals surface area contributed by atoms with Crippen LogP contribution in [0.5, 0.6) is 0 Å². The zero-order chi connectivity index (χ0) is 13.7. The lowest BCUT2D eigenvalue weighted by Gasteiger charge is -2.20. The quantitative estimate of drug-likeness (QED) is 0.735. The van der Waals surface area contributed by atoms with Crippen LogP contribution in [0.3, 0.4) is 0 Å². The van der Waals surface area contributed by atoms with E-state index >= 15 is 0 Å². The first kappa shape index (κ1) is 14.7. The number of alkyl halides is 1. The molecule has 1 aromatic heterocycles. The summed E-state index contributed by atoms with van der Waals surface area (Å²) in [5, 5.41) is 2.20. The molecule has 0 saturated carbocycles. The maximum Gasteiger partial charge on any atom is 0.107 e. The number of hydrogen-bond acceptors (Lipinski definition) is 3. The van der Waals surface area contributed by atoms with E-state index in [1.54, 1.807) is 0 Å². The molecule has 0 fully saturated rings. The molecule has 19 heavy (non-hydrogen) atoms. The third kappa shape index (κ3) is 4.41. The molecule has 0 N–H and O–H groups in total. The Kier molecular flexibility index (Phi) is 5.55. The van der Waals surface area contributed by atoms with E-state index in [-0.39, 0.29) is 0 Å². The van der Waals surface area contributed by atoms with Crippen LogP contribution in [0, 0.1) is 13.8 Å². The number of rotatable bonds is 6. The van der Waals surface area contributed by atoms with Crippen LogP contribution in [0.1, 0.15) is 21.1 Å². The number of hydrogen-bond donors (Lipinski definition) is 0. The summed E-state index contributed by atoms with van der Waals surface area (Å²) >= 11 is 5.35. The van der Waals surface area contributed by atoms with Crippen molar-refractivity contribution in [2.75, 3.05) is 11.9 Å². The predicted octanol–water partition coefficient (Wildman–Crippen LogP) is 4.16. The van der Waals surface area contributed by atoms with Crippen molar-refractivity contribution >= 4 is 27.3 Å². The Morgan fingerprint density at radius 3 is 2.47 bits per heavy atom. The lowest BCUT2D eigenvalue weighted by molar-refractivity contribution is 0.274. The van der Waals surface area contributed by atoms with Gasteiger partial charge in [-0.3, -0.25) is 4.90 Å². The topological polar surface area (TPSA) is 16.1 Å². The third-order valence-electron chi connectivity index (χ3n) is 3.08. The van der Waals surface area contributed by atoms with E-state index < -0.39 is 0 Å². The molecular weight excluding hydrogens is 320 g/mol. The number of thiazole rings is 1. The molecule has 1 aromatic carbocycles. The highest BCUT2D eigenvalue weighted by Gasteiger charge is 2.10. The summed E-state index contributed by atoms with van der Waals surface area (Å²) in [7, 11) is 0. The van der Waals surface area contributed by atoms with Gasteiger partial charge in [0.05, 0.1) is 12.2 Å². The summed E-state index contributed by atoms with van der Waals surface area (Å²) in [5.74, 6) is 0. The van der Waals surface area contributed by atoms with Crippen molar-refractivity contribution in [3.63, 3.8) is 0 Å².